The molecule has 0 spiro atoms. The third-order valence-corrected chi connectivity index (χ3v) is 3.74. The van der Waals surface area contributed by atoms with Gasteiger partial charge in [0.1, 0.15) is 0 Å². The summed E-state index contributed by atoms with van der Waals surface area (Å²) in [5.41, 5.74) is 0. The lowest BCUT2D eigenvalue weighted by Gasteiger charge is -2.45. The number of hydrogen-bond donors (Lipinski definition) is 2. The number of carboxylic acids is 1. The highest BCUT2D eigenvalue weighted by molar-refractivity contribution is 5.66. The van der Waals surface area contributed by atoms with Gasteiger partial charge in [-0.2, -0.15) is 0 Å². The number of aliphatic carboxylic acids is 1. The normalized spacial score (nSPS) is 36.5. The summed E-state index contributed by atoms with van der Waals surface area (Å²) < 4.78 is 0. The van der Waals surface area contributed by atoms with E-state index in [2.05, 4.69) is 4.90 Å². The number of hydrogen-bond acceptors (Lipinski definition) is 3. The van der Waals surface area contributed by atoms with Crippen LogP contribution in [0.15, 0.2) is 0 Å². The average Bonchev–Trinajstić information content (AvgIpc) is 2.15. The van der Waals surface area contributed by atoms with Crippen LogP contribution in [0.5, 0.6) is 0 Å². The minimum atomic E-state index is -0.730. The maximum Gasteiger partial charge on any atom is 0.304 e. The molecule has 1 aliphatic carbocycles. The summed E-state index contributed by atoms with van der Waals surface area (Å²) in [5, 5.41) is 18.6. The Morgan fingerprint density at radius 1 is 1.27 bits per heavy atom. The third-order valence-electron chi connectivity index (χ3n) is 3.74. The van der Waals surface area contributed by atoms with Crippen molar-refractivity contribution in [1.82, 2.24) is 4.90 Å². The molecule has 1 saturated heterocycles. The highest BCUT2D eigenvalue weighted by Gasteiger charge is 2.37. The first-order valence-corrected chi connectivity index (χ1v) is 5.79. The zero-order valence-corrected chi connectivity index (χ0v) is 8.93. The van der Waals surface area contributed by atoms with Crippen LogP contribution in [0, 0.1) is 11.8 Å². The molecule has 2 unspecified atom stereocenters. The van der Waals surface area contributed by atoms with Crippen LogP contribution in [0.25, 0.3) is 0 Å². The van der Waals surface area contributed by atoms with Crippen LogP contribution in [0.1, 0.15) is 25.7 Å². The molecule has 1 saturated carbocycles. The van der Waals surface area contributed by atoms with Crippen LogP contribution in [0.3, 0.4) is 0 Å². The standard InChI is InChI=1S/C11H19NO3/c13-10(14)4-5-12-6-8-2-1-3-9(7-12)11(8)15/h8-9,11,15H,1-7H2,(H,13,14). The maximum absolute atomic E-state index is 10.5. The molecule has 0 aromatic heterocycles. The van der Waals surface area contributed by atoms with Gasteiger partial charge >= 0.3 is 5.97 Å². The predicted octanol–water partition coefficient (Wildman–Crippen LogP) is 0.554. The van der Waals surface area contributed by atoms with E-state index in [1.165, 1.54) is 6.42 Å². The first-order chi connectivity index (χ1) is 7.16. The molecule has 2 aliphatic rings. The van der Waals surface area contributed by atoms with Crippen LogP contribution in [0.2, 0.25) is 0 Å². The fourth-order valence-corrected chi connectivity index (χ4v) is 2.94. The van der Waals surface area contributed by atoms with Crippen molar-refractivity contribution in [2.24, 2.45) is 11.8 Å². The number of carbonyl (C=O) groups is 1. The fraction of sp³-hybridized carbons (Fsp3) is 0.909. The van der Waals surface area contributed by atoms with Gasteiger partial charge in [0.25, 0.3) is 0 Å². The van der Waals surface area contributed by atoms with Gasteiger partial charge in [-0.05, 0) is 24.7 Å². The average molecular weight is 213 g/mol. The van der Waals surface area contributed by atoms with Crippen LogP contribution < -0.4 is 0 Å². The number of nitrogens with zero attached hydrogens (tertiary/aromatic N) is 1. The zero-order valence-electron chi connectivity index (χ0n) is 8.93. The van der Waals surface area contributed by atoms with Crippen molar-refractivity contribution >= 4 is 5.97 Å². The van der Waals surface area contributed by atoms with Gasteiger partial charge in [0, 0.05) is 19.6 Å². The van der Waals surface area contributed by atoms with Crippen molar-refractivity contribution in [3.63, 3.8) is 0 Å². The van der Waals surface area contributed by atoms with Crippen molar-refractivity contribution in [2.75, 3.05) is 19.6 Å². The highest BCUT2D eigenvalue weighted by Crippen LogP contribution is 2.34. The molecule has 0 aromatic rings. The number of rotatable bonds is 3. The van der Waals surface area contributed by atoms with Gasteiger partial charge < -0.3 is 15.1 Å². The molecule has 4 nitrogen and oxygen atoms in total. The van der Waals surface area contributed by atoms with Gasteiger partial charge in [0.2, 0.25) is 0 Å². The van der Waals surface area contributed by atoms with E-state index in [0.29, 0.717) is 18.4 Å². The Morgan fingerprint density at radius 3 is 2.40 bits per heavy atom. The van der Waals surface area contributed by atoms with E-state index in [1.54, 1.807) is 0 Å². The number of carboxylic acid groups (broad SMARTS) is 1. The quantitative estimate of drug-likeness (QED) is 0.719. The summed E-state index contributed by atoms with van der Waals surface area (Å²) in [7, 11) is 0. The summed E-state index contributed by atoms with van der Waals surface area (Å²) in [6.07, 6.45) is 3.50. The summed E-state index contributed by atoms with van der Waals surface area (Å²) in [5.74, 6) is 0.0314. The molecule has 2 rings (SSSR count). The summed E-state index contributed by atoms with van der Waals surface area (Å²) in [6, 6.07) is 0. The number of likely N-dealkylation sites (tertiary alicyclic amines) is 1. The lowest BCUT2D eigenvalue weighted by atomic mass is 9.75. The second-order valence-electron chi connectivity index (χ2n) is 4.84. The third kappa shape index (κ3) is 2.49. The molecule has 2 bridgehead atoms. The van der Waals surface area contributed by atoms with Crippen LogP contribution in [-0.4, -0.2) is 46.8 Å². The Hall–Kier alpha value is -0.610. The van der Waals surface area contributed by atoms with E-state index in [0.717, 1.165) is 25.9 Å². The zero-order chi connectivity index (χ0) is 10.8. The monoisotopic (exact) mass is 213 g/mol. The molecular weight excluding hydrogens is 194 g/mol. The van der Waals surface area contributed by atoms with Gasteiger partial charge in [-0.3, -0.25) is 4.79 Å². The Balaban J connectivity index is 1.87. The molecule has 0 amide bonds. The minimum Gasteiger partial charge on any atom is -0.481 e. The number of fused-ring (bicyclic) bond motifs is 2. The topological polar surface area (TPSA) is 60.8 Å². The molecule has 4 heteroatoms. The smallest absolute Gasteiger partial charge is 0.304 e. The van der Waals surface area contributed by atoms with Gasteiger partial charge in [-0.25, -0.2) is 0 Å². The molecule has 2 N–H and O–H groups in total. The second-order valence-corrected chi connectivity index (χ2v) is 4.84. The Morgan fingerprint density at radius 2 is 1.87 bits per heavy atom. The number of aliphatic hydroxyl groups excluding tert-OH is 1. The first-order valence-electron chi connectivity index (χ1n) is 5.79. The van der Waals surface area contributed by atoms with E-state index in [4.69, 9.17) is 5.11 Å². The molecule has 1 heterocycles. The summed E-state index contributed by atoms with van der Waals surface area (Å²) in [4.78, 5) is 12.7. The van der Waals surface area contributed by atoms with E-state index < -0.39 is 5.97 Å². The summed E-state index contributed by atoms with van der Waals surface area (Å²) in [6.45, 7) is 2.39. The minimum absolute atomic E-state index is 0.139. The molecular formula is C11H19NO3. The Kier molecular flexibility index (Phi) is 3.26. The van der Waals surface area contributed by atoms with E-state index in [9.17, 15) is 9.90 Å². The lowest BCUT2D eigenvalue weighted by molar-refractivity contribution is -0.137. The SMILES string of the molecule is O=C(O)CCN1CC2CCCC(C1)C2O. The van der Waals surface area contributed by atoms with Gasteiger partial charge in [-0.15, -0.1) is 0 Å². The predicted molar refractivity (Wildman–Crippen MR) is 55.5 cm³/mol. The van der Waals surface area contributed by atoms with Crippen molar-refractivity contribution in [1.29, 1.82) is 0 Å². The van der Waals surface area contributed by atoms with Crippen LogP contribution in [0.4, 0.5) is 0 Å². The van der Waals surface area contributed by atoms with Crippen LogP contribution in [-0.2, 0) is 4.79 Å². The molecule has 1 aliphatic heterocycles. The molecule has 2 atom stereocenters. The first kappa shape index (κ1) is 10.9. The van der Waals surface area contributed by atoms with E-state index in [-0.39, 0.29) is 12.5 Å². The molecule has 0 radical (unpaired) electrons. The molecule has 86 valence electrons. The maximum atomic E-state index is 10.5. The highest BCUT2D eigenvalue weighted by atomic mass is 16.4. The van der Waals surface area contributed by atoms with Crippen molar-refractivity contribution in [3.8, 4) is 0 Å². The van der Waals surface area contributed by atoms with Gasteiger partial charge in [0.05, 0.1) is 12.5 Å². The van der Waals surface area contributed by atoms with Crippen molar-refractivity contribution in [3.05, 3.63) is 0 Å². The molecule has 2 fully saturated rings. The number of piperidine rings is 1. The van der Waals surface area contributed by atoms with Crippen molar-refractivity contribution in [2.45, 2.75) is 31.8 Å². The Bertz CT molecular complexity index is 230. The number of aliphatic hydroxyl groups is 1. The van der Waals surface area contributed by atoms with Gasteiger partial charge in [0.15, 0.2) is 0 Å². The lowest BCUT2D eigenvalue weighted by Crippen LogP contribution is -2.51. The largest absolute Gasteiger partial charge is 0.481 e. The van der Waals surface area contributed by atoms with E-state index in [1.807, 2.05) is 0 Å². The fourth-order valence-electron chi connectivity index (χ4n) is 2.94. The second kappa shape index (κ2) is 4.49. The summed E-state index contributed by atoms with van der Waals surface area (Å²) >= 11 is 0. The Labute approximate surface area is 89.9 Å². The van der Waals surface area contributed by atoms with E-state index >= 15 is 0 Å². The van der Waals surface area contributed by atoms with Gasteiger partial charge in [-0.1, -0.05) is 6.42 Å². The van der Waals surface area contributed by atoms with Crippen LogP contribution >= 0.6 is 0 Å². The molecule has 15 heavy (non-hydrogen) atoms. The molecule has 0 aromatic carbocycles. The van der Waals surface area contributed by atoms with Crippen molar-refractivity contribution < 1.29 is 15.0 Å².